The van der Waals surface area contributed by atoms with Gasteiger partial charge in [-0.2, -0.15) is 0 Å². The molecule has 1 fully saturated rings. The molecule has 4 heteroatoms. The monoisotopic (exact) mass is 346 g/mol. The maximum absolute atomic E-state index is 12.0. The minimum absolute atomic E-state index is 0.322. The van der Waals surface area contributed by atoms with Crippen LogP contribution in [0.3, 0.4) is 0 Å². The Bertz CT molecular complexity index is 849. The molecule has 0 spiro atoms. The van der Waals surface area contributed by atoms with E-state index < -0.39 is 11.6 Å². The lowest BCUT2D eigenvalue weighted by molar-refractivity contribution is -0.111. The number of allylic oxidation sites excluding steroid dienone is 1. The first-order chi connectivity index (χ1) is 12.7. The van der Waals surface area contributed by atoms with E-state index in [9.17, 15) is 9.59 Å². The maximum Gasteiger partial charge on any atom is 0.233 e. The van der Waals surface area contributed by atoms with Gasteiger partial charge in [-0.15, -0.1) is 0 Å². The van der Waals surface area contributed by atoms with Crippen LogP contribution in [0.25, 0.3) is 5.70 Å². The average Bonchev–Trinajstić information content (AvgIpc) is 2.68. The van der Waals surface area contributed by atoms with Gasteiger partial charge in [0, 0.05) is 48.6 Å². The molecule has 2 aliphatic rings. The summed E-state index contributed by atoms with van der Waals surface area (Å²) in [7, 11) is 0. The Labute approximate surface area is 153 Å². The van der Waals surface area contributed by atoms with Crippen molar-refractivity contribution in [2.24, 2.45) is 0 Å². The number of fused-ring (bicyclic) bond motifs is 1. The van der Waals surface area contributed by atoms with Gasteiger partial charge in [-0.05, 0) is 18.4 Å². The molecule has 1 N–H and O–H groups in total. The van der Waals surface area contributed by atoms with Gasteiger partial charge >= 0.3 is 0 Å². The first kappa shape index (κ1) is 16.7. The minimum atomic E-state index is -0.437. The Hall–Kier alpha value is -2.72. The lowest BCUT2D eigenvalue weighted by atomic mass is 9.92. The second kappa shape index (κ2) is 7.26. The van der Waals surface area contributed by atoms with E-state index in [1.807, 2.05) is 18.2 Å². The van der Waals surface area contributed by atoms with Gasteiger partial charge in [-0.1, -0.05) is 54.6 Å². The molecule has 1 heterocycles. The van der Waals surface area contributed by atoms with Crippen LogP contribution in [-0.2, 0) is 11.3 Å². The van der Waals surface area contributed by atoms with Crippen molar-refractivity contribution in [2.45, 2.75) is 25.4 Å². The van der Waals surface area contributed by atoms with Crippen molar-refractivity contribution in [3.05, 3.63) is 77.4 Å². The van der Waals surface area contributed by atoms with Crippen molar-refractivity contribution in [3.8, 4) is 0 Å². The molecule has 132 valence electrons. The first-order valence-corrected chi connectivity index (χ1v) is 9.13. The number of nitrogens with zero attached hydrogens (tertiary/aromatic N) is 1. The molecule has 4 rings (SSSR count). The number of piperidine rings is 1. The predicted octanol–water partition coefficient (Wildman–Crippen LogP) is 3.05. The second-order valence-corrected chi connectivity index (χ2v) is 6.98. The molecule has 0 radical (unpaired) electrons. The van der Waals surface area contributed by atoms with Crippen LogP contribution in [0.5, 0.6) is 0 Å². The van der Waals surface area contributed by atoms with Crippen molar-refractivity contribution in [1.82, 2.24) is 10.2 Å². The molecule has 1 aliphatic heterocycles. The van der Waals surface area contributed by atoms with Crippen molar-refractivity contribution < 1.29 is 9.59 Å². The molecule has 4 nitrogen and oxygen atoms in total. The molecule has 2 aromatic rings. The van der Waals surface area contributed by atoms with Crippen molar-refractivity contribution in [2.75, 3.05) is 13.1 Å². The topological polar surface area (TPSA) is 49.4 Å². The van der Waals surface area contributed by atoms with Gasteiger partial charge in [0.25, 0.3) is 0 Å². The molecule has 2 aromatic carbocycles. The summed E-state index contributed by atoms with van der Waals surface area (Å²) >= 11 is 0. The molecular weight excluding hydrogens is 324 g/mol. The smallest absolute Gasteiger partial charge is 0.233 e. The van der Waals surface area contributed by atoms with Gasteiger partial charge in [0.05, 0.1) is 0 Å². The van der Waals surface area contributed by atoms with Crippen LogP contribution in [0, 0.1) is 0 Å². The van der Waals surface area contributed by atoms with Crippen LogP contribution >= 0.6 is 0 Å². The van der Waals surface area contributed by atoms with E-state index in [0.29, 0.717) is 11.6 Å². The number of nitrogens with one attached hydrogen (secondary N) is 1. The zero-order valence-corrected chi connectivity index (χ0v) is 14.7. The summed E-state index contributed by atoms with van der Waals surface area (Å²) in [4.78, 5) is 26.5. The fraction of sp³-hybridized carbons (Fsp3) is 0.273. The third-order valence-corrected chi connectivity index (χ3v) is 5.16. The Morgan fingerprint density at radius 1 is 0.885 bits per heavy atom. The minimum Gasteiger partial charge on any atom is -0.382 e. The van der Waals surface area contributed by atoms with E-state index in [1.54, 1.807) is 12.1 Å². The normalized spacial score (nSPS) is 18.4. The highest BCUT2D eigenvalue weighted by Crippen LogP contribution is 2.25. The molecule has 0 saturated carbocycles. The van der Waals surface area contributed by atoms with E-state index in [0.717, 1.165) is 43.7 Å². The zero-order valence-electron chi connectivity index (χ0n) is 14.7. The lowest BCUT2D eigenvalue weighted by Crippen LogP contribution is -2.42. The van der Waals surface area contributed by atoms with Crippen LogP contribution in [0.15, 0.2) is 60.7 Å². The Morgan fingerprint density at radius 2 is 1.54 bits per heavy atom. The molecule has 0 atom stereocenters. The number of benzene rings is 2. The summed E-state index contributed by atoms with van der Waals surface area (Å²) in [6.45, 7) is 3.02. The summed E-state index contributed by atoms with van der Waals surface area (Å²) in [6.07, 6.45) is 3.50. The number of ketones is 2. The van der Waals surface area contributed by atoms with Crippen LogP contribution in [0.4, 0.5) is 0 Å². The van der Waals surface area contributed by atoms with Gasteiger partial charge < -0.3 is 5.32 Å². The van der Waals surface area contributed by atoms with Gasteiger partial charge in [0.2, 0.25) is 11.6 Å². The average molecular weight is 346 g/mol. The van der Waals surface area contributed by atoms with E-state index in [-0.39, 0.29) is 0 Å². The maximum atomic E-state index is 12.0. The first-order valence-electron chi connectivity index (χ1n) is 9.13. The molecule has 1 aliphatic carbocycles. The molecule has 0 unspecified atom stereocenters. The summed E-state index contributed by atoms with van der Waals surface area (Å²) in [6, 6.07) is 18.2. The van der Waals surface area contributed by atoms with E-state index >= 15 is 0 Å². The molecular formula is C22H22N2O2. The standard InChI is InChI=1S/C22H22N2O2/c25-21-14-20(18-8-4-5-9-19(18)22(21)26)23-17-10-12-24(13-11-17)15-16-6-2-1-3-7-16/h1-9,14,17,23H,10-13,15H2. The highest BCUT2D eigenvalue weighted by Gasteiger charge is 2.27. The van der Waals surface area contributed by atoms with Crippen LogP contribution in [-0.4, -0.2) is 35.6 Å². The summed E-state index contributed by atoms with van der Waals surface area (Å²) in [5.74, 6) is -0.850. The van der Waals surface area contributed by atoms with Crippen LogP contribution < -0.4 is 5.32 Å². The van der Waals surface area contributed by atoms with Crippen LogP contribution in [0.2, 0.25) is 0 Å². The highest BCUT2D eigenvalue weighted by molar-refractivity contribution is 6.50. The van der Waals surface area contributed by atoms with Gasteiger partial charge in [-0.25, -0.2) is 0 Å². The van der Waals surface area contributed by atoms with Crippen molar-refractivity contribution in [1.29, 1.82) is 0 Å². The van der Waals surface area contributed by atoms with Crippen molar-refractivity contribution >= 4 is 17.3 Å². The quantitative estimate of drug-likeness (QED) is 0.865. The van der Waals surface area contributed by atoms with Crippen LogP contribution in [0.1, 0.15) is 34.3 Å². The number of hydrogen-bond acceptors (Lipinski definition) is 4. The Morgan fingerprint density at radius 3 is 2.27 bits per heavy atom. The number of carbonyl (C=O) groups is 2. The second-order valence-electron chi connectivity index (χ2n) is 6.98. The van der Waals surface area contributed by atoms with Gasteiger partial charge in [0.15, 0.2) is 0 Å². The molecule has 0 bridgehead atoms. The van der Waals surface area contributed by atoms with E-state index in [2.05, 4.69) is 34.5 Å². The fourth-order valence-corrected chi connectivity index (χ4v) is 3.74. The summed E-state index contributed by atoms with van der Waals surface area (Å²) < 4.78 is 0. The number of Topliss-reactive ketones (excluding diaryl/α,β-unsaturated/α-hetero) is 1. The fourth-order valence-electron chi connectivity index (χ4n) is 3.74. The summed E-state index contributed by atoms with van der Waals surface area (Å²) in [5.41, 5.74) is 3.46. The number of hydrogen-bond donors (Lipinski definition) is 1. The summed E-state index contributed by atoms with van der Waals surface area (Å²) in [5, 5.41) is 3.51. The third-order valence-electron chi connectivity index (χ3n) is 5.16. The molecule has 26 heavy (non-hydrogen) atoms. The van der Waals surface area contributed by atoms with Gasteiger partial charge in [-0.3, -0.25) is 14.5 Å². The van der Waals surface area contributed by atoms with Crippen molar-refractivity contribution in [3.63, 3.8) is 0 Å². The highest BCUT2D eigenvalue weighted by atomic mass is 16.2. The Kier molecular flexibility index (Phi) is 4.67. The lowest BCUT2D eigenvalue weighted by Gasteiger charge is -2.34. The van der Waals surface area contributed by atoms with E-state index in [4.69, 9.17) is 0 Å². The molecule has 0 amide bonds. The number of likely N-dealkylation sites (tertiary alicyclic amines) is 1. The number of rotatable bonds is 4. The van der Waals surface area contributed by atoms with E-state index in [1.165, 1.54) is 11.6 Å². The predicted molar refractivity (Wildman–Crippen MR) is 102 cm³/mol. The number of carbonyl (C=O) groups excluding carboxylic acids is 2. The molecule has 0 aromatic heterocycles. The van der Waals surface area contributed by atoms with Gasteiger partial charge in [0.1, 0.15) is 0 Å². The SMILES string of the molecule is O=C1C=C(NC2CCN(Cc3ccccc3)CC2)c2ccccc2C1=O. The molecule has 1 saturated heterocycles. The largest absolute Gasteiger partial charge is 0.382 e. The third kappa shape index (κ3) is 3.46. The zero-order chi connectivity index (χ0) is 17.9. The Balaban J connectivity index is 1.39.